The Morgan fingerprint density at radius 1 is 0.871 bits per heavy atom. The summed E-state index contributed by atoms with van der Waals surface area (Å²) in [6, 6.07) is 13.9. The zero-order valence-corrected chi connectivity index (χ0v) is 18.4. The predicted molar refractivity (Wildman–Crippen MR) is 118 cm³/mol. The standard InChI is InChI=1S/C24H30N2O5/c1-4-6-7-8-17-30-22-15-13-21(14-16-22)26-25-20-11-9-19(10-12-20)24(28)31-18(3)23(27)29-5-2/h9-16,18H,4-8,17H2,1-3H3/t18-/m0/s1. The van der Waals surface area contributed by atoms with Crippen molar-refractivity contribution in [3.05, 3.63) is 54.1 Å². The first-order valence-corrected chi connectivity index (χ1v) is 10.7. The number of ether oxygens (including phenoxy) is 3. The number of hydrogen-bond acceptors (Lipinski definition) is 7. The summed E-state index contributed by atoms with van der Waals surface area (Å²) < 4.78 is 15.6. The van der Waals surface area contributed by atoms with Crippen LogP contribution in [0.15, 0.2) is 58.8 Å². The van der Waals surface area contributed by atoms with E-state index in [0.29, 0.717) is 23.5 Å². The molecule has 0 bridgehead atoms. The van der Waals surface area contributed by atoms with E-state index in [1.54, 1.807) is 31.2 Å². The van der Waals surface area contributed by atoms with E-state index in [0.717, 1.165) is 12.2 Å². The summed E-state index contributed by atoms with van der Waals surface area (Å²) in [4.78, 5) is 23.7. The molecular weight excluding hydrogens is 396 g/mol. The minimum absolute atomic E-state index is 0.231. The number of azo groups is 1. The molecule has 0 aliphatic rings. The number of unbranched alkanes of at least 4 members (excludes halogenated alkanes) is 3. The monoisotopic (exact) mass is 426 g/mol. The predicted octanol–water partition coefficient (Wildman–Crippen LogP) is 6.17. The number of nitrogens with zero attached hydrogens (tertiary/aromatic N) is 2. The summed E-state index contributed by atoms with van der Waals surface area (Å²) in [6.07, 6.45) is 3.72. The number of hydrogen-bond donors (Lipinski definition) is 0. The van der Waals surface area contributed by atoms with Gasteiger partial charge in [-0.3, -0.25) is 0 Å². The summed E-state index contributed by atoms with van der Waals surface area (Å²) in [5.74, 6) is -0.362. The molecule has 0 heterocycles. The van der Waals surface area contributed by atoms with Gasteiger partial charge in [0.25, 0.3) is 0 Å². The molecule has 0 saturated heterocycles. The number of carbonyl (C=O) groups is 2. The zero-order chi connectivity index (χ0) is 22.5. The van der Waals surface area contributed by atoms with Crippen molar-refractivity contribution in [1.29, 1.82) is 0 Å². The molecule has 0 aliphatic carbocycles. The Labute approximate surface area is 183 Å². The van der Waals surface area contributed by atoms with Crippen LogP contribution in [-0.4, -0.2) is 31.3 Å². The van der Waals surface area contributed by atoms with Crippen molar-refractivity contribution in [2.24, 2.45) is 10.2 Å². The maximum atomic E-state index is 12.1. The van der Waals surface area contributed by atoms with Gasteiger partial charge in [-0.15, -0.1) is 0 Å². The first-order valence-electron chi connectivity index (χ1n) is 10.7. The lowest BCUT2D eigenvalue weighted by Crippen LogP contribution is -2.26. The lowest BCUT2D eigenvalue weighted by molar-refractivity contribution is -0.152. The van der Waals surface area contributed by atoms with Crippen LogP contribution in [0.5, 0.6) is 5.75 Å². The van der Waals surface area contributed by atoms with Crippen molar-refractivity contribution in [3.63, 3.8) is 0 Å². The molecule has 1 atom stereocenters. The van der Waals surface area contributed by atoms with Gasteiger partial charge in [0.1, 0.15) is 5.75 Å². The first kappa shape index (κ1) is 24.1. The van der Waals surface area contributed by atoms with E-state index in [9.17, 15) is 9.59 Å². The smallest absolute Gasteiger partial charge is 0.347 e. The third kappa shape index (κ3) is 8.58. The second-order valence-corrected chi connectivity index (χ2v) is 6.95. The Balaban J connectivity index is 1.85. The summed E-state index contributed by atoms with van der Waals surface area (Å²) in [6.45, 7) is 6.30. The number of benzene rings is 2. The second-order valence-electron chi connectivity index (χ2n) is 6.95. The second kappa shape index (κ2) is 13.2. The van der Waals surface area contributed by atoms with Gasteiger partial charge in [0.2, 0.25) is 0 Å². The van der Waals surface area contributed by atoms with Crippen molar-refractivity contribution < 1.29 is 23.8 Å². The Hall–Kier alpha value is -3.22. The minimum Gasteiger partial charge on any atom is -0.494 e. The van der Waals surface area contributed by atoms with E-state index in [1.165, 1.54) is 26.2 Å². The van der Waals surface area contributed by atoms with E-state index in [-0.39, 0.29) is 6.61 Å². The lowest BCUT2D eigenvalue weighted by Gasteiger charge is -2.11. The highest BCUT2D eigenvalue weighted by Crippen LogP contribution is 2.22. The van der Waals surface area contributed by atoms with Crippen molar-refractivity contribution >= 4 is 23.3 Å². The molecule has 7 nitrogen and oxygen atoms in total. The van der Waals surface area contributed by atoms with Gasteiger partial charge in [0, 0.05) is 0 Å². The molecule has 7 heteroatoms. The van der Waals surface area contributed by atoms with Crippen LogP contribution in [0.3, 0.4) is 0 Å². The van der Waals surface area contributed by atoms with Gasteiger partial charge in [-0.1, -0.05) is 26.2 Å². The van der Waals surface area contributed by atoms with Crippen molar-refractivity contribution in [1.82, 2.24) is 0 Å². The molecule has 166 valence electrons. The van der Waals surface area contributed by atoms with Crippen LogP contribution in [0.2, 0.25) is 0 Å². The summed E-state index contributed by atoms with van der Waals surface area (Å²) in [5.41, 5.74) is 1.60. The van der Waals surface area contributed by atoms with Gasteiger partial charge >= 0.3 is 11.9 Å². The van der Waals surface area contributed by atoms with Gasteiger partial charge < -0.3 is 14.2 Å². The topological polar surface area (TPSA) is 86.5 Å². The Bertz CT molecular complexity index is 847. The normalized spacial score (nSPS) is 11.8. The average molecular weight is 427 g/mol. The molecule has 0 N–H and O–H groups in total. The molecule has 0 unspecified atom stereocenters. The van der Waals surface area contributed by atoms with Crippen LogP contribution in [0.25, 0.3) is 0 Å². The van der Waals surface area contributed by atoms with Crippen LogP contribution >= 0.6 is 0 Å². The first-order chi connectivity index (χ1) is 15.0. The molecule has 31 heavy (non-hydrogen) atoms. The number of esters is 2. The molecule has 0 aliphatic heterocycles. The fourth-order valence-electron chi connectivity index (χ4n) is 2.64. The molecule has 2 aromatic rings. The molecule has 0 saturated carbocycles. The largest absolute Gasteiger partial charge is 0.494 e. The van der Waals surface area contributed by atoms with Crippen LogP contribution < -0.4 is 4.74 Å². The van der Waals surface area contributed by atoms with Gasteiger partial charge in [0.15, 0.2) is 6.10 Å². The molecule has 0 aromatic heterocycles. The van der Waals surface area contributed by atoms with Gasteiger partial charge in [-0.05, 0) is 68.8 Å². The number of rotatable bonds is 12. The molecule has 0 amide bonds. The van der Waals surface area contributed by atoms with Gasteiger partial charge in [0.05, 0.1) is 30.2 Å². The quantitative estimate of drug-likeness (QED) is 0.230. The van der Waals surface area contributed by atoms with E-state index in [4.69, 9.17) is 14.2 Å². The molecular formula is C24H30N2O5. The zero-order valence-electron chi connectivity index (χ0n) is 18.4. The SMILES string of the molecule is CCCCCCOc1ccc(N=Nc2ccc(C(=O)O[C@@H](C)C(=O)OCC)cc2)cc1. The number of carbonyl (C=O) groups excluding carboxylic acids is 2. The van der Waals surface area contributed by atoms with Crippen LogP contribution in [0, 0.1) is 0 Å². The summed E-state index contributed by atoms with van der Waals surface area (Å²) >= 11 is 0. The highest BCUT2D eigenvalue weighted by atomic mass is 16.6. The maximum absolute atomic E-state index is 12.1. The van der Waals surface area contributed by atoms with E-state index in [1.807, 2.05) is 24.3 Å². The van der Waals surface area contributed by atoms with Crippen LogP contribution in [0.1, 0.15) is 56.8 Å². The summed E-state index contributed by atoms with van der Waals surface area (Å²) in [5, 5.41) is 8.37. The minimum atomic E-state index is -0.963. The van der Waals surface area contributed by atoms with Gasteiger partial charge in [-0.25, -0.2) is 9.59 Å². The fourth-order valence-corrected chi connectivity index (χ4v) is 2.64. The Morgan fingerprint density at radius 2 is 1.48 bits per heavy atom. The average Bonchev–Trinajstić information content (AvgIpc) is 2.78. The molecule has 0 fully saturated rings. The third-order valence-corrected chi connectivity index (χ3v) is 4.39. The maximum Gasteiger partial charge on any atom is 0.347 e. The lowest BCUT2D eigenvalue weighted by atomic mass is 10.2. The molecule has 0 spiro atoms. The van der Waals surface area contributed by atoms with Crippen LogP contribution in [-0.2, 0) is 14.3 Å². The third-order valence-electron chi connectivity index (χ3n) is 4.39. The van der Waals surface area contributed by atoms with E-state index in [2.05, 4.69) is 17.2 Å². The molecule has 2 aromatic carbocycles. The van der Waals surface area contributed by atoms with Crippen LogP contribution in [0.4, 0.5) is 11.4 Å². The fraction of sp³-hybridized carbons (Fsp3) is 0.417. The van der Waals surface area contributed by atoms with Crippen molar-refractivity contribution in [3.8, 4) is 5.75 Å². The van der Waals surface area contributed by atoms with Gasteiger partial charge in [-0.2, -0.15) is 10.2 Å². The van der Waals surface area contributed by atoms with E-state index >= 15 is 0 Å². The Kier molecular flexibility index (Phi) is 10.2. The van der Waals surface area contributed by atoms with E-state index < -0.39 is 18.0 Å². The van der Waals surface area contributed by atoms with Crippen molar-refractivity contribution in [2.75, 3.05) is 13.2 Å². The summed E-state index contributed by atoms with van der Waals surface area (Å²) in [7, 11) is 0. The highest BCUT2D eigenvalue weighted by Gasteiger charge is 2.19. The molecule has 0 radical (unpaired) electrons. The van der Waals surface area contributed by atoms with Crippen molar-refractivity contribution in [2.45, 2.75) is 52.6 Å². The molecule has 2 rings (SSSR count). The highest BCUT2D eigenvalue weighted by molar-refractivity contribution is 5.91. The Morgan fingerprint density at radius 3 is 2.06 bits per heavy atom.